The fraction of sp³-hybridized carbons (Fsp3) is 0.474. The van der Waals surface area contributed by atoms with E-state index < -0.39 is 18.0 Å². The van der Waals surface area contributed by atoms with Crippen molar-refractivity contribution in [2.75, 3.05) is 36.0 Å². The summed E-state index contributed by atoms with van der Waals surface area (Å²) < 4.78 is 19.9. The molecule has 29 heavy (non-hydrogen) atoms. The van der Waals surface area contributed by atoms with Crippen LogP contribution in [0.3, 0.4) is 0 Å². The van der Waals surface area contributed by atoms with E-state index in [0.717, 1.165) is 19.2 Å². The predicted molar refractivity (Wildman–Crippen MR) is 105 cm³/mol. The van der Waals surface area contributed by atoms with Crippen LogP contribution in [0.25, 0.3) is 0 Å². The maximum absolute atomic E-state index is 14.7. The summed E-state index contributed by atoms with van der Waals surface area (Å²) in [6, 6.07) is 4.25. The summed E-state index contributed by atoms with van der Waals surface area (Å²) in [7, 11) is 0. The number of hydrogen-bond donors (Lipinski definition) is 3. The smallest absolute Gasteiger partial charge is 0.414 e. The molecule has 3 amide bonds. The van der Waals surface area contributed by atoms with Crippen LogP contribution in [0.1, 0.15) is 19.8 Å². The molecule has 3 N–H and O–H groups in total. The van der Waals surface area contributed by atoms with Gasteiger partial charge >= 0.3 is 6.09 Å². The molecule has 10 heteroatoms. The van der Waals surface area contributed by atoms with E-state index in [-0.39, 0.29) is 43.1 Å². The van der Waals surface area contributed by atoms with Crippen molar-refractivity contribution in [1.82, 2.24) is 10.6 Å². The molecule has 3 rings (SSSR count). The monoisotopic (exact) mass is 405 g/mol. The van der Waals surface area contributed by atoms with Gasteiger partial charge in [-0.05, 0) is 31.0 Å². The minimum absolute atomic E-state index is 0.00730. The summed E-state index contributed by atoms with van der Waals surface area (Å²) in [4.78, 5) is 37.4. The molecule has 9 nitrogen and oxygen atoms in total. The molecule has 2 fully saturated rings. The molecule has 1 unspecified atom stereocenters. The maximum atomic E-state index is 14.7. The molecule has 0 aromatic heterocycles. The average molecular weight is 405 g/mol. The van der Waals surface area contributed by atoms with Crippen molar-refractivity contribution >= 4 is 35.6 Å². The number of ether oxygens (including phenoxy) is 1. The fourth-order valence-electron chi connectivity index (χ4n) is 3.04. The van der Waals surface area contributed by atoms with E-state index >= 15 is 0 Å². The van der Waals surface area contributed by atoms with E-state index in [9.17, 15) is 18.8 Å². The van der Waals surface area contributed by atoms with Gasteiger partial charge in [0.15, 0.2) is 0 Å². The number of halogens is 1. The summed E-state index contributed by atoms with van der Waals surface area (Å²) in [6.45, 7) is 2.30. The van der Waals surface area contributed by atoms with Gasteiger partial charge in [0.2, 0.25) is 11.8 Å². The highest BCUT2D eigenvalue weighted by molar-refractivity contribution is 5.90. The number of cyclic esters (lactones) is 1. The third-order valence-electron chi connectivity index (χ3n) is 4.76. The van der Waals surface area contributed by atoms with Gasteiger partial charge in [-0.3, -0.25) is 19.9 Å². The second-order valence-corrected chi connectivity index (χ2v) is 7.08. The fourth-order valence-corrected chi connectivity index (χ4v) is 3.04. The molecule has 0 radical (unpaired) electrons. The van der Waals surface area contributed by atoms with Crippen molar-refractivity contribution in [1.29, 1.82) is 5.41 Å². The number of anilines is 2. The lowest BCUT2D eigenvalue weighted by atomic mass is 10.2. The van der Waals surface area contributed by atoms with E-state index in [0.29, 0.717) is 12.2 Å². The van der Waals surface area contributed by atoms with Crippen molar-refractivity contribution in [2.24, 2.45) is 5.92 Å². The third kappa shape index (κ3) is 5.21. The number of carbonyl (C=O) groups excluding carboxylic acids is 3. The molecule has 2 aliphatic rings. The van der Waals surface area contributed by atoms with Crippen LogP contribution in [0.15, 0.2) is 18.2 Å². The van der Waals surface area contributed by atoms with Crippen LogP contribution >= 0.6 is 0 Å². The first-order valence-corrected chi connectivity index (χ1v) is 9.46. The van der Waals surface area contributed by atoms with Crippen LogP contribution in [0, 0.1) is 17.1 Å². The standard InChI is InChI=1S/C19H24FN5O4/c1-12(26)23-9-15-10-25(19(28)29-15)14-4-5-17(16(20)8-14)24(11-21)7-6-22-18(27)13-2-3-13/h4-5,8,11,13,15,21H,2-3,6-7,9-10H2,1H3,(H,22,27)(H,23,26). The molecule has 1 aliphatic carbocycles. The number of rotatable bonds is 9. The number of carbonyl (C=O) groups is 3. The molecule has 1 saturated heterocycles. The average Bonchev–Trinajstić information content (AvgIpc) is 3.47. The predicted octanol–water partition coefficient (Wildman–Crippen LogP) is 1.23. The zero-order valence-corrected chi connectivity index (χ0v) is 16.1. The zero-order chi connectivity index (χ0) is 21.0. The van der Waals surface area contributed by atoms with Gasteiger partial charge in [-0.2, -0.15) is 0 Å². The van der Waals surface area contributed by atoms with Crippen molar-refractivity contribution < 1.29 is 23.5 Å². The van der Waals surface area contributed by atoms with Gasteiger partial charge in [0, 0.05) is 25.9 Å². The van der Waals surface area contributed by atoms with E-state index in [1.54, 1.807) is 6.07 Å². The van der Waals surface area contributed by atoms with Crippen LogP contribution in [0.4, 0.5) is 20.6 Å². The van der Waals surface area contributed by atoms with E-state index in [4.69, 9.17) is 10.1 Å². The molecule has 1 saturated carbocycles. The Kier molecular flexibility index (Phi) is 6.30. The Bertz CT molecular complexity index is 814. The van der Waals surface area contributed by atoms with Crippen LogP contribution in [-0.2, 0) is 14.3 Å². The Morgan fingerprint density at radius 3 is 2.76 bits per heavy atom. The first-order valence-electron chi connectivity index (χ1n) is 9.46. The molecule has 1 heterocycles. The summed E-state index contributed by atoms with van der Waals surface area (Å²) in [6.07, 6.45) is 1.68. The minimum Gasteiger partial charge on any atom is -0.442 e. The first-order chi connectivity index (χ1) is 13.9. The topological polar surface area (TPSA) is 115 Å². The van der Waals surface area contributed by atoms with Gasteiger partial charge in [0.05, 0.1) is 30.8 Å². The summed E-state index contributed by atoms with van der Waals surface area (Å²) >= 11 is 0. The summed E-state index contributed by atoms with van der Waals surface area (Å²) in [5.74, 6) is -0.742. The molecule has 0 bridgehead atoms. The Morgan fingerprint density at radius 1 is 1.38 bits per heavy atom. The van der Waals surface area contributed by atoms with Gasteiger partial charge in [-0.15, -0.1) is 0 Å². The second kappa shape index (κ2) is 8.89. The maximum Gasteiger partial charge on any atom is 0.414 e. The largest absolute Gasteiger partial charge is 0.442 e. The highest BCUT2D eigenvalue weighted by Gasteiger charge is 2.33. The number of nitrogens with one attached hydrogen (secondary N) is 3. The van der Waals surface area contributed by atoms with Gasteiger partial charge in [0.1, 0.15) is 11.9 Å². The summed E-state index contributed by atoms with van der Waals surface area (Å²) in [5.41, 5.74) is 0.500. The third-order valence-corrected chi connectivity index (χ3v) is 4.76. The molecule has 1 aliphatic heterocycles. The highest BCUT2D eigenvalue weighted by Crippen LogP contribution is 2.29. The highest BCUT2D eigenvalue weighted by atomic mass is 19.1. The Morgan fingerprint density at radius 2 is 2.14 bits per heavy atom. The SMILES string of the molecule is CC(=O)NCC1CN(c2ccc(N(C=N)CCNC(=O)C3CC3)c(F)c2)C(=O)O1. The van der Waals surface area contributed by atoms with Crippen molar-refractivity contribution in [2.45, 2.75) is 25.9 Å². The van der Waals surface area contributed by atoms with Crippen molar-refractivity contribution in [3.8, 4) is 0 Å². The van der Waals surface area contributed by atoms with Crippen LogP contribution in [0.5, 0.6) is 0 Å². The quantitative estimate of drug-likeness (QED) is 0.422. The molecular formula is C19H24FN5O4. The molecule has 0 spiro atoms. The van der Waals surface area contributed by atoms with E-state index in [1.165, 1.54) is 28.9 Å². The number of benzene rings is 1. The Labute approximate surface area is 167 Å². The van der Waals surface area contributed by atoms with Gasteiger partial charge < -0.3 is 20.3 Å². The lowest BCUT2D eigenvalue weighted by molar-refractivity contribution is -0.122. The molecule has 156 valence electrons. The van der Waals surface area contributed by atoms with Gasteiger partial charge in [-0.25, -0.2) is 9.18 Å². The Hall–Kier alpha value is -3.17. The number of nitrogens with zero attached hydrogens (tertiary/aromatic N) is 2. The van der Waals surface area contributed by atoms with E-state index in [1.807, 2.05) is 0 Å². The minimum atomic E-state index is -0.612. The van der Waals surface area contributed by atoms with Crippen LogP contribution in [0.2, 0.25) is 0 Å². The molecule has 1 aromatic carbocycles. The van der Waals surface area contributed by atoms with Crippen LogP contribution in [-0.4, -0.2) is 56.5 Å². The van der Waals surface area contributed by atoms with Crippen molar-refractivity contribution in [3.63, 3.8) is 0 Å². The van der Waals surface area contributed by atoms with Gasteiger partial charge in [-0.1, -0.05) is 0 Å². The van der Waals surface area contributed by atoms with Crippen LogP contribution < -0.4 is 20.4 Å². The number of hydrogen-bond acceptors (Lipinski definition) is 5. The lowest BCUT2D eigenvalue weighted by Gasteiger charge is -2.21. The first kappa shape index (κ1) is 20.6. The molecule has 1 atom stereocenters. The molecular weight excluding hydrogens is 381 g/mol. The lowest BCUT2D eigenvalue weighted by Crippen LogP contribution is -2.35. The zero-order valence-electron chi connectivity index (χ0n) is 16.1. The molecule has 1 aromatic rings. The normalized spacial score (nSPS) is 18.2. The van der Waals surface area contributed by atoms with Gasteiger partial charge in [0.25, 0.3) is 0 Å². The number of amides is 3. The Balaban J connectivity index is 1.60. The summed E-state index contributed by atoms with van der Waals surface area (Å²) in [5, 5.41) is 12.9. The second-order valence-electron chi connectivity index (χ2n) is 7.08. The van der Waals surface area contributed by atoms with E-state index in [2.05, 4.69) is 10.6 Å². The van der Waals surface area contributed by atoms with Crippen molar-refractivity contribution in [3.05, 3.63) is 24.0 Å².